The van der Waals surface area contributed by atoms with Gasteiger partial charge in [-0.2, -0.15) is 0 Å². The second kappa shape index (κ2) is 9.55. The number of esters is 1. The number of carbonyl (C=O) groups is 3. The van der Waals surface area contributed by atoms with Crippen LogP contribution in [0.25, 0.3) is 0 Å². The minimum absolute atomic E-state index is 0.107. The second-order valence-corrected chi connectivity index (χ2v) is 6.21. The van der Waals surface area contributed by atoms with Crippen LogP contribution in [0.3, 0.4) is 0 Å². The van der Waals surface area contributed by atoms with Gasteiger partial charge in [0.15, 0.2) is 0 Å². The highest BCUT2D eigenvalue weighted by atomic mass is 16.5. The minimum Gasteiger partial charge on any atom is -0.495 e. The molecule has 0 atom stereocenters. The summed E-state index contributed by atoms with van der Waals surface area (Å²) in [7, 11) is 2.84. The van der Waals surface area contributed by atoms with Crippen LogP contribution < -0.4 is 15.0 Å². The molecule has 0 saturated carbocycles. The fraction of sp³-hybridized carbons (Fsp3) is 0.286. The van der Waals surface area contributed by atoms with Gasteiger partial charge in [0, 0.05) is 25.6 Å². The number of hydrogen-bond acceptors (Lipinski definition) is 5. The van der Waals surface area contributed by atoms with Crippen LogP contribution in [0, 0.1) is 6.92 Å². The van der Waals surface area contributed by atoms with Crippen LogP contribution >= 0.6 is 0 Å². The summed E-state index contributed by atoms with van der Waals surface area (Å²) < 4.78 is 9.92. The largest absolute Gasteiger partial charge is 0.495 e. The SMILES string of the molecule is COC(=O)c1ccc(N(CCC(=O)Nc2cc(C)ccc2OC)C(C)=O)cc1. The lowest BCUT2D eigenvalue weighted by Gasteiger charge is -2.21. The molecule has 148 valence electrons. The highest BCUT2D eigenvalue weighted by molar-refractivity contribution is 5.96. The predicted molar refractivity (Wildman–Crippen MR) is 107 cm³/mol. The van der Waals surface area contributed by atoms with Gasteiger partial charge in [-0.25, -0.2) is 4.79 Å². The van der Waals surface area contributed by atoms with Crippen molar-refractivity contribution in [2.45, 2.75) is 20.3 Å². The number of hydrogen-bond donors (Lipinski definition) is 1. The quantitative estimate of drug-likeness (QED) is 0.741. The molecule has 0 aliphatic heterocycles. The summed E-state index contributed by atoms with van der Waals surface area (Å²) in [4.78, 5) is 37.4. The van der Waals surface area contributed by atoms with Crippen LogP contribution in [0.1, 0.15) is 29.3 Å². The number of aryl methyl sites for hydroxylation is 1. The van der Waals surface area contributed by atoms with Crippen molar-refractivity contribution in [3.8, 4) is 5.75 Å². The molecule has 2 rings (SSSR count). The average molecular weight is 384 g/mol. The first-order valence-electron chi connectivity index (χ1n) is 8.76. The number of anilines is 2. The van der Waals surface area contributed by atoms with Crippen molar-refractivity contribution in [1.29, 1.82) is 0 Å². The molecule has 0 heterocycles. The van der Waals surface area contributed by atoms with E-state index in [0.29, 0.717) is 22.7 Å². The summed E-state index contributed by atoms with van der Waals surface area (Å²) in [5, 5.41) is 2.82. The number of nitrogens with one attached hydrogen (secondary N) is 1. The van der Waals surface area contributed by atoms with Crippen LogP contribution in [-0.2, 0) is 14.3 Å². The van der Waals surface area contributed by atoms with E-state index in [2.05, 4.69) is 10.1 Å². The van der Waals surface area contributed by atoms with Gasteiger partial charge in [0.05, 0.1) is 25.5 Å². The van der Waals surface area contributed by atoms with Gasteiger partial charge in [-0.15, -0.1) is 0 Å². The standard InChI is InChI=1S/C21H24N2O5/c1-14-5-10-19(27-3)18(13-14)22-20(25)11-12-23(15(2)24)17-8-6-16(7-9-17)21(26)28-4/h5-10,13H,11-12H2,1-4H3,(H,22,25). The molecule has 0 spiro atoms. The zero-order valence-electron chi connectivity index (χ0n) is 16.4. The Morgan fingerprint density at radius 3 is 2.29 bits per heavy atom. The molecule has 2 amide bonds. The number of ether oxygens (including phenoxy) is 2. The van der Waals surface area contributed by atoms with Crippen LogP contribution in [-0.4, -0.2) is 38.5 Å². The summed E-state index contributed by atoms with van der Waals surface area (Å²) in [6.07, 6.45) is 0.107. The molecule has 7 heteroatoms. The van der Waals surface area contributed by atoms with Gasteiger partial charge in [-0.05, 0) is 48.9 Å². The van der Waals surface area contributed by atoms with Crippen LogP contribution in [0.2, 0.25) is 0 Å². The Balaban J connectivity index is 2.05. The lowest BCUT2D eigenvalue weighted by molar-refractivity contribution is -0.117. The molecule has 0 aromatic heterocycles. The van der Waals surface area contributed by atoms with E-state index in [-0.39, 0.29) is 24.8 Å². The third-order valence-corrected chi connectivity index (χ3v) is 4.17. The van der Waals surface area contributed by atoms with Crippen molar-refractivity contribution in [2.75, 3.05) is 31.0 Å². The van der Waals surface area contributed by atoms with E-state index in [1.165, 1.54) is 26.0 Å². The first kappa shape index (κ1) is 21.0. The highest BCUT2D eigenvalue weighted by Gasteiger charge is 2.15. The number of amides is 2. The minimum atomic E-state index is -0.451. The number of benzene rings is 2. The van der Waals surface area contributed by atoms with Gasteiger partial charge in [0.25, 0.3) is 0 Å². The van der Waals surface area contributed by atoms with E-state index in [9.17, 15) is 14.4 Å². The summed E-state index contributed by atoms with van der Waals surface area (Å²) >= 11 is 0. The van der Waals surface area contributed by atoms with Gasteiger partial charge in [0.1, 0.15) is 5.75 Å². The maximum Gasteiger partial charge on any atom is 0.337 e. The van der Waals surface area contributed by atoms with Crippen molar-refractivity contribution in [3.05, 3.63) is 53.6 Å². The number of rotatable bonds is 7. The van der Waals surface area contributed by atoms with E-state index < -0.39 is 5.97 Å². The molecule has 2 aromatic carbocycles. The van der Waals surface area contributed by atoms with Gasteiger partial charge in [0.2, 0.25) is 11.8 Å². The van der Waals surface area contributed by atoms with Gasteiger partial charge in [-0.3, -0.25) is 9.59 Å². The van der Waals surface area contributed by atoms with Gasteiger partial charge < -0.3 is 19.7 Å². The van der Waals surface area contributed by atoms with E-state index in [4.69, 9.17) is 4.74 Å². The lowest BCUT2D eigenvalue weighted by Crippen LogP contribution is -2.32. The first-order valence-corrected chi connectivity index (χ1v) is 8.76. The summed E-state index contributed by atoms with van der Waals surface area (Å²) in [5.41, 5.74) is 2.57. The number of carbonyl (C=O) groups excluding carboxylic acids is 3. The monoisotopic (exact) mass is 384 g/mol. The lowest BCUT2D eigenvalue weighted by atomic mass is 10.2. The number of methoxy groups -OCH3 is 2. The predicted octanol–water partition coefficient (Wildman–Crippen LogP) is 3.17. The molecule has 0 fully saturated rings. The van der Waals surface area contributed by atoms with Crippen molar-refractivity contribution in [3.63, 3.8) is 0 Å². The topological polar surface area (TPSA) is 84.9 Å². The summed E-state index contributed by atoms with van der Waals surface area (Å²) in [6.45, 7) is 3.55. The maximum atomic E-state index is 12.4. The molecule has 1 N–H and O–H groups in total. The van der Waals surface area contributed by atoms with Crippen molar-refractivity contribution in [1.82, 2.24) is 0 Å². The molecule has 7 nitrogen and oxygen atoms in total. The zero-order valence-corrected chi connectivity index (χ0v) is 16.4. The van der Waals surface area contributed by atoms with E-state index in [0.717, 1.165) is 5.56 Å². The molecule has 28 heavy (non-hydrogen) atoms. The third kappa shape index (κ3) is 5.33. The van der Waals surface area contributed by atoms with Crippen molar-refractivity contribution in [2.24, 2.45) is 0 Å². The van der Waals surface area contributed by atoms with Gasteiger partial charge in [-0.1, -0.05) is 6.07 Å². The normalized spacial score (nSPS) is 10.1. The van der Waals surface area contributed by atoms with Gasteiger partial charge >= 0.3 is 5.97 Å². The first-order chi connectivity index (χ1) is 13.3. The zero-order chi connectivity index (χ0) is 20.7. The molecule has 0 saturated heterocycles. The number of nitrogens with zero attached hydrogens (tertiary/aromatic N) is 1. The van der Waals surface area contributed by atoms with E-state index in [1.807, 2.05) is 19.1 Å². The van der Waals surface area contributed by atoms with E-state index >= 15 is 0 Å². The second-order valence-electron chi connectivity index (χ2n) is 6.21. The Hall–Kier alpha value is -3.35. The van der Waals surface area contributed by atoms with Crippen LogP contribution in [0.5, 0.6) is 5.75 Å². The van der Waals surface area contributed by atoms with Crippen LogP contribution in [0.15, 0.2) is 42.5 Å². The molecular formula is C21H24N2O5. The Morgan fingerprint density at radius 2 is 1.71 bits per heavy atom. The molecule has 0 aliphatic rings. The molecule has 0 bridgehead atoms. The Morgan fingerprint density at radius 1 is 1.04 bits per heavy atom. The molecule has 0 radical (unpaired) electrons. The van der Waals surface area contributed by atoms with Crippen molar-refractivity contribution < 1.29 is 23.9 Å². The average Bonchev–Trinajstić information content (AvgIpc) is 2.68. The highest BCUT2D eigenvalue weighted by Crippen LogP contribution is 2.25. The summed E-state index contributed by atoms with van der Waals surface area (Å²) in [6, 6.07) is 12.0. The Kier molecular flexibility index (Phi) is 7.14. The summed E-state index contributed by atoms with van der Waals surface area (Å²) in [5.74, 6) is -0.318. The fourth-order valence-corrected chi connectivity index (χ4v) is 2.71. The maximum absolute atomic E-state index is 12.4. The Bertz CT molecular complexity index is 862. The molecule has 0 unspecified atom stereocenters. The Labute approximate surface area is 164 Å². The van der Waals surface area contributed by atoms with Crippen molar-refractivity contribution >= 4 is 29.2 Å². The fourth-order valence-electron chi connectivity index (χ4n) is 2.71. The molecule has 2 aromatic rings. The third-order valence-electron chi connectivity index (χ3n) is 4.17. The van der Waals surface area contributed by atoms with E-state index in [1.54, 1.807) is 30.3 Å². The molecule has 0 aliphatic carbocycles. The smallest absolute Gasteiger partial charge is 0.337 e. The molecular weight excluding hydrogens is 360 g/mol. The van der Waals surface area contributed by atoms with Crippen LogP contribution in [0.4, 0.5) is 11.4 Å².